The molecule has 0 aliphatic carbocycles. The third-order valence-electron chi connectivity index (χ3n) is 6.54. The van der Waals surface area contributed by atoms with E-state index in [-0.39, 0.29) is 23.3 Å². The maximum atomic E-state index is 15.1. The minimum Gasteiger partial charge on any atom is -0.453 e. The smallest absolute Gasteiger partial charge is 0.409 e. The van der Waals surface area contributed by atoms with Crippen molar-refractivity contribution in [2.24, 2.45) is 0 Å². The summed E-state index contributed by atoms with van der Waals surface area (Å²) in [6, 6.07) is 7.60. The number of hydrogen-bond donors (Lipinski definition) is 4. The molecule has 8 nitrogen and oxygen atoms in total. The van der Waals surface area contributed by atoms with Crippen molar-refractivity contribution in [3.05, 3.63) is 83.6 Å². The van der Waals surface area contributed by atoms with Gasteiger partial charge in [0.05, 0.1) is 40.0 Å². The number of benzene rings is 2. The van der Waals surface area contributed by atoms with Gasteiger partial charge >= 0.3 is 6.18 Å². The van der Waals surface area contributed by atoms with Crippen molar-refractivity contribution in [3.8, 4) is 16.3 Å². The first-order valence-electron chi connectivity index (χ1n) is 12.8. The molecule has 2 aliphatic rings. The van der Waals surface area contributed by atoms with E-state index in [9.17, 15) is 22.4 Å². The molecule has 2 aliphatic heterocycles. The van der Waals surface area contributed by atoms with E-state index < -0.39 is 36.2 Å². The number of imidazole rings is 1. The fourth-order valence-corrected chi connectivity index (χ4v) is 5.41. The predicted molar refractivity (Wildman–Crippen MR) is 149 cm³/mol. The van der Waals surface area contributed by atoms with E-state index in [1.807, 2.05) is 16.8 Å². The Bertz CT molecular complexity index is 1650. The number of nitrogens with zero attached hydrogens (tertiary/aromatic N) is 2. The zero-order chi connectivity index (χ0) is 29.4. The van der Waals surface area contributed by atoms with E-state index in [1.165, 1.54) is 35.6 Å². The lowest BCUT2D eigenvalue weighted by atomic mass is 10.1. The highest BCUT2D eigenvalue weighted by Crippen LogP contribution is 2.41. The molecule has 1 saturated heterocycles. The summed E-state index contributed by atoms with van der Waals surface area (Å²) in [6.45, 7) is 1.33. The van der Waals surface area contributed by atoms with Crippen molar-refractivity contribution in [1.29, 1.82) is 0 Å². The Labute approximate surface area is 240 Å². The summed E-state index contributed by atoms with van der Waals surface area (Å²) in [5, 5.41) is 10.9. The van der Waals surface area contributed by atoms with Crippen molar-refractivity contribution in [2.45, 2.75) is 24.8 Å². The van der Waals surface area contributed by atoms with Gasteiger partial charge in [-0.2, -0.15) is 13.2 Å². The normalized spacial score (nSPS) is 16.6. The van der Waals surface area contributed by atoms with Crippen LogP contribution < -0.4 is 26.0 Å². The number of thiophene rings is 1. The number of halogens is 5. The van der Waals surface area contributed by atoms with Crippen LogP contribution in [0.15, 0.2) is 67.1 Å². The van der Waals surface area contributed by atoms with Gasteiger partial charge in [-0.05, 0) is 48.5 Å². The number of hydrogen-bond acceptors (Lipinski definition) is 7. The van der Waals surface area contributed by atoms with Crippen molar-refractivity contribution >= 4 is 40.1 Å². The first-order chi connectivity index (χ1) is 20.1. The molecule has 0 saturated carbocycles. The highest BCUT2D eigenvalue weighted by Gasteiger charge is 2.41. The Morgan fingerprint density at radius 2 is 1.90 bits per heavy atom. The van der Waals surface area contributed by atoms with Crippen molar-refractivity contribution < 1.29 is 31.5 Å². The van der Waals surface area contributed by atoms with E-state index >= 15 is 4.39 Å². The standard InChI is InChI=1S/C28H23F5N6O2S/c29-15-1-3-16(4-2-15)38-26(40)11-24(28(31,32)33)37-17-5-6-21(18(30)9-17)41-22-7-8-34-19-10-23(42-27(19)22)20-13-39(14-36-20)25-12-35-25/h1-7,9-10,13-14,24-25,34-35,37H,8,11-12H2,(H,38,40). The van der Waals surface area contributed by atoms with Crippen LogP contribution in [-0.4, -0.2) is 40.8 Å². The van der Waals surface area contributed by atoms with Gasteiger partial charge < -0.3 is 25.3 Å². The molecule has 14 heteroatoms. The number of nitrogens with one attached hydrogen (secondary N) is 4. The summed E-state index contributed by atoms with van der Waals surface area (Å²) in [7, 11) is 0. The van der Waals surface area contributed by atoms with Gasteiger partial charge in [-0.1, -0.05) is 0 Å². The number of ether oxygens (including phenoxy) is 1. The molecular formula is C28H23F5N6O2S. The fraction of sp³-hybridized carbons (Fsp3) is 0.214. The summed E-state index contributed by atoms with van der Waals surface area (Å²) in [6.07, 6.45) is -0.100. The van der Waals surface area contributed by atoms with E-state index in [2.05, 4.69) is 26.3 Å². The molecule has 2 aromatic carbocycles. The summed E-state index contributed by atoms with van der Waals surface area (Å²) in [5.41, 5.74) is 1.55. The summed E-state index contributed by atoms with van der Waals surface area (Å²) >= 11 is 1.42. The second-order valence-corrected chi connectivity index (χ2v) is 10.7. The van der Waals surface area contributed by atoms with E-state index in [1.54, 1.807) is 12.4 Å². The van der Waals surface area contributed by atoms with Gasteiger partial charge in [0.2, 0.25) is 5.91 Å². The Morgan fingerprint density at radius 1 is 1.14 bits per heavy atom. The van der Waals surface area contributed by atoms with Crippen LogP contribution in [0.3, 0.4) is 0 Å². The molecule has 2 unspecified atom stereocenters. The molecular weight excluding hydrogens is 579 g/mol. The molecule has 4 heterocycles. The van der Waals surface area contributed by atoms with Gasteiger partial charge in [-0.15, -0.1) is 11.3 Å². The maximum Gasteiger partial charge on any atom is 0.409 e. The lowest BCUT2D eigenvalue weighted by molar-refractivity contribution is -0.148. The molecule has 0 bridgehead atoms. The quantitative estimate of drug-likeness (QED) is 0.134. The first-order valence-corrected chi connectivity index (χ1v) is 13.7. The fourth-order valence-electron chi connectivity index (χ4n) is 4.34. The number of anilines is 3. The average molecular weight is 603 g/mol. The van der Waals surface area contributed by atoms with Crippen LogP contribution >= 0.6 is 11.3 Å². The zero-order valence-electron chi connectivity index (χ0n) is 21.6. The molecule has 218 valence electrons. The highest BCUT2D eigenvalue weighted by molar-refractivity contribution is 7.17. The summed E-state index contributed by atoms with van der Waals surface area (Å²) < 4.78 is 77.1. The Hall–Kier alpha value is -4.43. The van der Waals surface area contributed by atoms with E-state index in [0.29, 0.717) is 12.3 Å². The van der Waals surface area contributed by atoms with Crippen LogP contribution in [0.25, 0.3) is 16.3 Å². The molecule has 1 fully saturated rings. The number of alkyl halides is 3. The van der Waals surface area contributed by atoms with Crippen LogP contribution in [0.5, 0.6) is 5.75 Å². The van der Waals surface area contributed by atoms with Gasteiger partial charge in [-0.3, -0.25) is 10.1 Å². The van der Waals surface area contributed by atoms with Crippen molar-refractivity contribution in [3.63, 3.8) is 0 Å². The molecule has 1 amide bonds. The second-order valence-electron chi connectivity index (χ2n) is 9.68. The third kappa shape index (κ3) is 6.24. The number of carbonyl (C=O) groups excluding carboxylic acids is 1. The van der Waals surface area contributed by atoms with Crippen LogP contribution in [-0.2, 0) is 4.79 Å². The van der Waals surface area contributed by atoms with Crippen LogP contribution in [0, 0.1) is 11.6 Å². The topological polar surface area (TPSA) is 102 Å². The minimum atomic E-state index is -4.82. The summed E-state index contributed by atoms with van der Waals surface area (Å²) in [5.74, 6) is -2.14. The van der Waals surface area contributed by atoms with E-state index in [0.717, 1.165) is 45.9 Å². The molecule has 42 heavy (non-hydrogen) atoms. The van der Waals surface area contributed by atoms with Crippen LogP contribution in [0.2, 0.25) is 0 Å². The van der Waals surface area contributed by atoms with Gasteiger partial charge in [0, 0.05) is 36.7 Å². The zero-order valence-corrected chi connectivity index (χ0v) is 22.5. The average Bonchev–Trinajstić information content (AvgIpc) is 3.50. The molecule has 0 radical (unpaired) electrons. The Balaban J connectivity index is 1.13. The summed E-state index contributed by atoms with van der Waals surface area (Å²) in [4.78, 5) is 18.4. The molecule has 6 rings (SSSR count). The number of rotatable bonds is 9. The van der Waals surface area contributed by atoms with Crippen molar-refractivity contribution in [2.75, 3.05) is 29.0 Å². The predicted octanol–water partition coefficient (Wildman–Crippen LogP) is 6.21. The third-order valence-corrected chi connectivity index (χ3v) is 7.71. The largest absolute Gasteiger partial charge is 0.453 e. The number of fused-ring (bicyclic) bond motifs is 1. The molecule has 4 aromatic rings. The van der Waals surface area contributed by atoms with Crippen LogP contribution in [0.4, 0.5) is 39.0 Å². The van der Waals surface area contributed by atoms with Gasteiger partial charge in [0.25, 0.3) is 0 Å². The lowest BCUT2D eigenvalue weighted by Crippen LogP contribution is -2.39. The first kappa shape index (κ1) is 27.7. The van der Waals surface area contributed by atoms with Crippen LogP contribution in [0.1, 0.15) is 17.5 Å². The minimum absolute atomic E-state index is 0.147. The maximum absolute atomic E-state index is 15.1. The number of amides is 1. The second kappa shape index (κ2) is 11.1. The lowest BCUT2D eigenvalue weighted by Gasteiger charge is -2.23. The van der Waals surface area contributed by atoms with Gasteiger partial charge in [-0.25, -0.2) is 13.8 Å². The SMILES string of the molecule is O=C(CC(Nc1ccc(OC2=CCNc3cc(-c4cn(C5CN5)cn4)sc32)c(F)c1)C(F)(F)F)Nc1ccc(F)cc1. The number of aromatic nitrogens is 2. The monoisotopic (exact) mass is 602 g/mol. The molecule has 4 N–H and O–H groups in total. The number of carbonyl (C=O) groups is 1. The van der Waals surface area contributed by atoms with Crippen molar-refractivity contribution in [1.82, 2.24) is 14.9 Å². The molecule has 0 spiro atoms. The van der Waals surface area contributed by atoms with Gasteiger partial charge in [0.15, 0.2) is 11.6 Å². The highest BCUT2D eigenvalue weighted by atomic mass is 32.1. The molecule has 2 aromatic heterocycles. The Morgan fingerprint density at radius 3 is 2.62 bits per heavy atom. The van der Waals surface area contributed by atoms with Gasteiger partial charge in [0.1, 0.15) is 17.6 Å². The molecule has 2 atom stereocenters. The van der Waals surface area contributed by atoms with E-state index in [4.69, 9.17) is 4.74 Å². The Kier molecular flexibility index (Phi) is 7.33.